The summed E-state index contributed by atoms with van der Waals surface area (Å²) in [7, 11) is 0. The first-order valence-electron chi connectivity index (χ1n) is 8.60. The predicted octanol–water partition coefficient (Wildman–Crippen LogP) is 5.96. The highest BCUT2D eigenvalue weighted by Crippen LogP contribution is 2.43. The third-order valence-electron chi connectivity index (χ3n) is 5.02. The zero-order valence-electron chi connectivity index (χ0n) is 13.3. The number of hydrogen-bond acceptors (Lipinski definition) is 2. The number of fused-ring (bicyclic) bond motifs is 2. The minimum atomic E-state index is 0.483. The van der Waals surface area contributed by atoms with Crippen LogP contribution in [0.3, 0.4) is 0 Å². The van der Waals surface area contributed by atoms with Gasteiger partial charge < -0.3 is 0 Å². The van der Waals surface area contributed by atoms with Crippen LogP contribution in [0, 0.1) is 0 Å². The molecule has 0 N–H and O–H groups in total. The van der Waals surface area contributed by atoms with Crippen molar-refractivity contribution < 1.29 is 0 Å². The van der Waals surface area contributed by atoms with Crippen molar-refractivity contribution >= 4 is 23.4 Å². The highest BCUT2D eigenvalue weighted by molar-refractivity contribution is 7.99. The molecule has 2 aliphatic heterocycles. The first-order chi connectivity index (χ1) is 11.3. The van der Waals surface area contributed by atoms with E-state index in [1.54, 1.807) is 0 Å². The zero-order valence-corrected chi connectivity index (χ0v) is 14.9. The van der Waals surface area contributed by atoms with Gasteiger partial charge in [-0.3, -0.25) is 4.90 Å². The number of nitrogens with zero attached hydrogens (tertiary/aromatic N) is 1. The maximum atomic E-state index is 6.28. The largest absolute Gasteiger partial charge is 0.296 e. The van der Waals surface area contributed by atoms with E-state index in [-0.39, 0.29) is 0 Å². The van der Waals surface area contributed by atoms with E-state index in [4.69, 9.17) is 11.6 Å². The second kappa shape index (κ2) is 6.88. The van der Waals surface area contributed by atoms with Gasteiger partial charge in [0.1, 0.15) is 0 Å². The Hall–Kier alpha value is -0.960. The highest BCUT2D eigenvalue weighted by Gasteiger charge is 2.27. The molecule has 1 fully saturated rings. The summed E-state index contributed by atoms with van der Waals surface area (Å²) in [5, 5.41) is 0.852. The molecular weight excluding hydrogens is 322 g/mol. The average Bonchev–Trinajstić information content (AvgIpc) is 2.91. The molecule has 0 bridgehead atoms. The first-order valence-corrected chi connectivity index (χ1v) is 9.80. The maximum absolute atomic E-state index is 6.28. The van der Waals surface area contributed by atoms with Gasteiger partial charge in [-0.05, 0) is 67.7 Å². The third kappa shape index (κ3) is 3.31. The summed E-state index contributed by atoms with van der Waals surface area (Å²) in [4.78, 5) is 5.48. The Balaban J connectivity index is 1.76. The Morgan fingerprint density at radius 1 is 0.913 bits per heavy atom. The number of benzene rings is 2. The predicted molar refractivity (Wildman–Crippen MR) is 98.5 cm³/mol. The van der Waals surface area contributed by atoms with Crippen molar-refractivity contribution in [2.75, 3.05) is 13.1 Å². The van der Waals surface area contributed by atoms with Crippen molar-refractivity contribution in [1.29, 1.82) is 0 Å². The van der Waals surface area contributed by atoms with Gasteiger partial charge in [-0.1, -0.05) is 54.4 Å². The van der Waals surface area contributed by atoms with Crippen molar-refractivity contribution in [2.45, 2.75) is 47.9 Å². The van der Waals surface area contributed by atoms with E-state index in [0.29, 0.717) is 6.04 Å². The Morgan fingerprint density at radius 2 is 1.70 bits per heavy atom. The van der Waals surface area contributed by atoms with Crippen molar-refractivity contribution in [3.8, 4) is 0 Å². The highest BCUT2D eigenvalue weighted by atomic mass is 35.5. The average molecular weight is 344 g/mol. The summed E-state index contributed by atoms with van der Waals surface area (Å²) < 4.78 is 0. The molecule has 0 aromatic heterocycles. The van der Waals surface area contributed by atoms with E-state index < -0.39 is 0 Å². The standard InChI is InChI=1S/C20H22ClNS/c21-16-9-10-19-15(13-16)14-18(22-11-5-1-2-6-12-22)17-7-3-4-8-20(17)23-19/h3-4,7-10,13,18H,1-2,5-6,11-12,14H2/t18-/m1/s1. The van der Waals surface area contributed by atoms with Crippen LogP contribution in [0.5, 0.6) is 0 Å². The van der Waals surface area contributed by atoms with Crippen LogP contribution in [0.1, 0.15) is 42.9 Å². The van der Waals surface area contributed by atoms with Crippen molar-refractivity contribution in [3.05, 3.63) is 58.6 Å². The van der Waals surface area contributed by atoms with Gasteiger partial charge in [0.25, 0.3) is 0 Å². The lowest BCUT2D eigenvalue weighted by molar-refractivity contribution is 0.201. The quantitative estimate of drug-likeness (QED) is 0.628. The normalized spacial score (nSPS) is 21.9. The summed E-state index contributed by atoms with van der Waals surface area (Å²) in [6.07, 6.45) is 6.48. The van der Waals surface area contributed by atoms with Crippen LogP contribution in [0.25, 0.3) is 0 Å². The monoisotopic (exact) mass is 343 g/mol. The molecule has 4 rings (SSSR count). The molecule has 2 aromatic rings. The summed E-state index contributed by atoms with van der Waals surface area (Å²) in [5.41, 5.74) is 2.89. The lowest BCUT2D eigenvalue weighted by Crippen LogP contribution is -2.31. The van der Waals surface area contributed by atoms with Gasteiger partial charge in [0.15, 0.2) is 0 Å². The molecular formula is C20H22ClNS. The molecule has 1 nitrogen and oxygen atoms in total. The summed E-state index contributed by atoms with van der Waals surface area (Å²) in [6.45, 7) is 2.44. The molecule has 23 heavy (non-hydrogen) atoms. The van der Waals surface area contributed by atoms with Crippen LogP contribution < -0.4 is 0 Å². The van der Waals surface area contributed by atoms with Crippen LogP contribution >= 0.6 is 23.4 Å². The SMILES string of the molecule is Clc1ccc2c(c1)C[C@@H](N1CCCCCC1)c1ccccc1S2. The second-order valence-electron chi connectivity index (χ2n) is 6.56. The Bertz CT molecular complexity index is 692. The molecule has 3 heteroatoms. The van der Waals surface area contributed by atoms with Crippen molar-refractivity contribution in [3.63, 3.8) is 0 Å². The van der Waals surface area contributed by atoms with E-state index in [9.17, 15) is 0 Å². The van der Waals surface area contributed by atoms with Crippen LogP contribution in [0.4, 0.5) is 0 Å². The Labute approximate surface area is 148 Å². The molecule has 2 aromatic carbocycles. The molecule has 2 heterocycles. The molecule has 0 aliphatic carbocycles. The molecule has 2 aliphatic rings. The number of rotatable bonds is 1. The summed E-state index contributed by atoms with van der Waals surface area (Å²) in [6, 6.07) is 15.8. The smallest absolute Gasteiger partial charge is 0.0409 e. The molecule has 1 atom stereocenters. The summed E-state index contributed by atoms with van der Waals surface area (Å²) >= 11 is 8.18. The number of likely N-dealkylation sites (tertiary alicyclic amines) is 1. The van der Waals surface area contributed by atoms with Crippen molar-refractivity contribution in [1.82, 2.24) is 4.90 Å². The van der Waals surface area contributed by atoms with E-state index in [0.717, 1.165) is 11.4 Å². The van der Waals surface area contributed by atoms with Crippen molar-refractivity contribution in [2.24, 2.45) is 0 Å². The molecule has 0 spiro atoms. The number of halogens is 1. The van der Waals surface area contributed by atoms with Gasteiger partial charge in [0, 0.05) is 20.9 Å². The van der Waals surface area contributed by atoms with Crippen LogP contribution in [-0.4, -0.2) is 18.0 Å². The van der Waals surface area contributed by atoms with E-state index in [1.165, 1.54) is 59.7 Å². The molecule has 0 radical (unpaired) electrons. The number of hydrogen-bond donors (Lipinski definition) is 0. The lowest BCUT2D eigenvalue weighted by Gasteiger charge is -2.31. The fraction of sp³-hybridized carbons (Fsp3) is 0.400. The van der Waals surface area contributed by atoms with Gasteiger partial charge in [-0.25, -0.2) is 0 Å². The van der Waals surface area contributed by atoms with Crippen LogP contribution in [-0.2, 0) is 6.42 Å². The fourth-order valence-electron chi connectivity index (χ4n) is 3.83. The van der Waals surface area contributed by atoms with E-state index >= 15 is 0 Å². The molecule has 120 valence electrons. The minimum absolute atomic E-state index is 0.483. The topological polar surface area (TPSA) is 3.24 Å². The Morgan fingerprint density at radius 3 is 2.52 bits per heavy atom. The molecule has 0 amide bonds. The van der Waals surface area contributed by atoms with Gasteiger partial charge in [0.05, 0.1) is 0 Å². The van der Waals surface area contributed by atoms with Gasteiger partial charge in [-0.15, -0.1) is 0 Å². The lowest BCUT2D eigenvalue weighted by atomic mass is 9.97. The Kier molecular flexibility index (Phi) is 4.66. The third-order valence-corrected chi connectivity index (χ3v) is 6.46. The van der Waals surface area contributed by atoms with E-state index in [1.807, 2.05) is 17.8 Å². The molecule has 0 unspecified atom stereocenters. The zero-order chi connectivity index (χ0) is 15.6. The summed E-state index contributed by atoms with van der Waals surface area (Å²) in [5.74, 6) is 0. The fourth-order valence-corrected chi connectivity index (χ4v) is 5.13. The second-order valence-corrected chi connectivity index (χ2v) is 8.08. The van der Waals surface area contributed by atoms with Gasteiger partial charge in [0.2, 0.25) is 0 Å². The first kappa shape index (κ1) is 15.6. The van der Waals surface area contributed by atoms with E-state index in [2.05, 4.69) is 41.3 Å². The molecule has 0 saturated carbocycles. The van der Waals surface area contributed by atoms with Gasteiger partial charge in [-0.2, -0.15) is 0 Å². The maximum Gasteiger partial charge on any atom is 0.0409 e. The van der Waals surface area contributed by atoms with Crippen LogP contribution in [0.15, 0.2) is 52.3 Å². The van der Waals surface area contributed by atoms with Gasteiger partial charge >= 0.3 is 0 Å². The minimum Gasteiger partial charge on any atom is -0.296 e. The van der Waals surface area contributed by atoms with Crippen LogP contribution in [0.2, 0.25) is 5.02 Å². The molecule has 1 saturated heterocycles.